The van der Waals surface area contributed by atoms with Gasteiger partial charge in [-0.05, 0) is 98.1 Å². The van der Waals surface area contributed by atoms with E-state index in [-0.39, 0.29) is 55.9 Å². The van der Waals surface area contributed by atoms with Gasteiger partial charge in [0.15, 0.2) is 5.78 Å². The van der Waals surface area contributed by atoms with Crippen molar-refractivity contribution in [2.75, 3.05) is 13.1 Å². The molecule has 2 amide bonds. The van der Waals surface area contributed by atoms with Gasteiger partial charge in [0.05, 0.1) is 12.0 Å². The fourth-order valence-corrected chi connectivity index (χ4v) is 4.96. The second kappa shape index (κ2) is 24.6. The molecule has 0 spiro atoms. The number of Topliss-reactive ketones (excluding diaryl/α,β-unsaturated/α-hetero) is 1. The monoisotopic (exact) mass is 671 g/mol. The number of hydrogen-bond acceptors (Lipinski definition) is 5. The second-order valence-electron chi connectivity index (χ2n) is 17.1. The summed E-state index contributed by atoms with van der Waals surface area (Å²) in [6.45, 7) is 39.7. The number of hydrogen-bond donors (Lipinski definition) is 3. The minimum absolute atomic E-state index is 0. The molecule has 0 aromatic rings. The standard InChI is InChI=1S/C11H19NO2.C9H17NO.2C5H11N.2C4H10.2CH4/c1-6-7(2)9(13)8(6)12-10(14)11(3,4)5;1-6-7(2)10(8(6)11)9(3,4)5;2*1-5-3-2-4-6-5;2*1-4(2)3;;/h6-8H,1-5H3,(H,12,14);6-7H,1-5H3;2*5-6H,2-4H2,1H3;2*4H,1-3H3;2*1H4. The van der Waals surface area contributed by atoms with Crippen molar-refractivity contribution >= 4 is 17.6 Å². The first-order chi connectivity index (χ1) is 20.4. The molecule has 7 unspecified atom stereocenters. The number of nitrogens with zero attached hydrogens (tertiary/aromatic N) is 1. The van der Waals surface area contributed by atoms with Crippen molar-refractivity contribution < 1.29 is 14.4 Å². The van der Waals surface area contributed by atoms with Crippen LogP contribution < -0.4 is 16.0 Å². The summed E-state index contributed by atoms with van der Waals surface area (Å²) in [5.41, 5.74) is -0.415. The average molecular weight is 671 g/mol. The lowest BCUT2D eigenvalue weighted by Gasteiger charge is -2.51. The molecule has 7 heteroatoms. The smallest absolute Gasteiger partial charge is 0.228 e. The number of ketones is 1. The maximum Gasteiger partial charge on any atom is 0.228 e. The van der Waals surface area contributed by atoms with Crippen molar-refractivity contribution in [3.63, 3.8) is 0 Å². The van der Waals surface area contributed by atoms with E-state index in [1.54, 1.807) is 0 Å². The van der Waals surface area contributed by atoms with Gasteiger partial charge in [0.25, 0.3) is 0 Å². The molecular weight excluding hydrogens is 584 g/mol. The summed E-state index contributed by atoms with van der Waals surface area (Å²) in [7, 11) is 0. The van der Waals surface area contributed by atoms with Crippen LogP contribution in [0.4, 0.5) is 0 Å². The Balaban J connectivity index is -0.000000250. The van der Waals surface area contributed by atoms with E-state index >= 15 is 0 Å². The molecule has 3 saturated heterocycles. The molecule has 284 valence electrons. The first-order valence-corrected chi connectivity index (χ1v) is 18.0. The summed E-state index contributed by atoms with van der Waals surface area (Å²) in [4.78, 5) is 36.3. The van der Waals surface area contributed by atoms with E-state index < -0.39 is 5.41 Å². The predicted octanol–water partition coefficient (Wildman–Crippen LogP) is 9.14. The van der Waals surface area contributed by atoms with Crippen molar-refractivity contribution in [1.29, 1.82) is 0 Å². The topological polar surface area (TPSA) is 90.5 Å². The molecule has 3 N–H and O–H groups in total. The molecule has 0 bridgehead atoms. The molecular formula is C40H86N4O3. The number of amides is 2. The highest BCUT2D eigenvalue weighted by Crippen LogP contribution is 2.33. The van der Waals surface area contributed by atoms with Crippen molar-refractivity contribution in [1.82, 2.24) is 20.9 Å². The molecule has 4 aliphatic rings. The van der Waals surface area contributed by atoms with Crippen LogP contribution in [0.3, 0.4) is 0 Å². The molecule has 7 atom stereocenters. The van der Waals surface area contributed by atoms with Crippen LogP contribution in [0.25, 0.3) is 0 Å². The van der Waals surface area contributed by atoms with Crippen LogP contribution in [0.2, 0.25) is 0 Å². The molecule has 3 heterocycles. The van der Waals surface area contributed by atoms with Gasteiger partial charge in [-0.25, -0.2) is 0 Å². The molecule has 47 heavy (non-hydrogen) atoms. The maximum atomic E-state index is 11.6. The van der Waals surface area contributed by atoms with Gasteiger partial charge in [-0.3, -0.25) is 14.4 Å². The molecule has 1 aliphatic carbocycles. The van der Waals surface area contributed by atoms with Gasteiger partial charge in [0, 0.05) is 35.0 Å². The number of nitrogens with one attached hydrogen (secondary N) is 3. The van der Waals surface area contributed by atoms with E-state index in [4.69, 9.17) is 0 Å². The Bertz CT molecular complexity index is 806. The molecule has 4 fully saturated rings. The SMILES string of the molecule is C.C.CC(C)C.CC(C)C.CC1C(=O)C(NC(=O)C(C)(C)C)C1C.CC1C(=O)N(C(C)(C)C)C1C.CC1CCCN1.CC1CCCN1. The number of β-lactam (4-membered cyclic amide) rings is 1. The van der Waals surface area contributed by atoms with Crippen molar-refractivity contribution in [2.24, 2.45) is 35.0 Å². The third-order valence-corrected chi connectivity index (χ3v) is 8.13. The number of rotatable bonds is 1. The van der Waals surface area contributed by atoms with Crippen LogP contribution in [0, 0.1) is 35.0 Å². The Morgan fingerprint density at radius 1 is 0.723 bits per heavy atom. The molecule has 0 radical (unpaired) electrons. The van der Waals surface area contributed by atoms with E-state index in [1.807, 2.05) is 46.4 Å². The summed E-state index contributed by atoms with van der Waals surface area (Å²) >= 11 is 0. The maximum absolute atomic E-state index is 11.6. The molecule has 3 aliphatic heterocycles. The minimum Gasteiger partial charge on any atom is -0.346 e. The van der Waals surface area contributed by atoms with E-state index in [2.05, 4.69) is 99.0 Å². The van der Waals surface area contributed by atoms with Gasteiger partial charge >= 0.3 is 0 Å². The van der Waals surface area contributed by atoms with Gasteiger partial charge in [-0.2, -0.15) is 0 Å². The van der Waals surface area contributed by atoms with Crippen LogP contribution in [0.5, 0.6) is 0 Å². The summed E-state index contributed by atoms with van der Waals surface area (Å²) < 4.78 is 0. The van der Waals surface area contributed by atoms with E-state index in [0.717, 1.165) is 23.9 Å². The third kappa shape index (κ3) is 22.0. The molecule has 1 saturated carbocycles. The van der Waals surface area contributed by atoms with Gasteiger partial charge in [0.2, 0.25) is 11.8 Å². The van der Waals surface area contributed by atoms with Crippen LogP contribution >= 0.6 is 0 Å². The van der Waals surface area contributed by atoms with E-state index in [0.29, 0.717) is 11.9 Å². The van der Waals surface area contributed by atoms with E-state index in [1.165, 1.54) is 38.8 Å². The quantitative estimate of drug-likeness (QED) is 0.242. The van der Waals surface area contributed by atoms with Crippen LogP contribution in [0.15, 0.2) is 0 Å². The fourth-order valence-electron chi connectivity index (χ4n) is 4.96. The molecule has 0 aromatic heterocycles. The first-order valence-electron chi connectivity index (χ1n) is 18.0. The zero-order valence-electron chi connectivity index (χ0n) is 33.1. The summed E-state index contributed by atoms with van der Waals surface area (Å²) in [6.07, 6.45) is 5.50. The normalized spacial score (nSPS) is 27.5. The minimum atomic E-state index is -0.418. The number of carbonyl (C=O) groups is 3. The highest BCUT2D eigenvalue weighted by atomic mass is 16.2. The van der Waals surface area contributed by atoms with Crippen LogP contribution in [0.1, 0.15) is 165 Å². The summed E-state index contributed by atoms with van der Waals surface area (Å²) in [6, 6.07) is 1.76. The predicted molar refractivity (Wildman–Crippen MR) is 208 cm³/mol. The molecule has 0 aromatic carbocycles. The highest BCUT2D eigenvalue weighted by molar-refractivity contribution is 5.96. The van der Waals surface area contributed by atoms with Crippen LogP contribution in [-0.2, 0) is 14.4 Å². The van der Waals surface area contributed by atoms with Gasteiger partial charge in [-0.15, -0.1) is 0 Å². The van der Waals surface area contributed by atoms with E-state index in [9.17, 15) is 14.4 Å². The fraction of sp³-hybridized carbons (Fsp3) is 0.925. The lowest BCUT2D eigenvalue weighted by molar-refractivity contribution is -0.162. The first kappa shape index (κ1) is 52.3. The Morgan fingerprint density at radius 2 is 1.09 bits per heavy atom. The Hall–Kier alpha value is -1.47. The number of likely N-dealkylation sites (tertiary alicyclic amines) is 1. The average Bonchev–Trinajstić information content (AvgIpc) is 3.58. The number of carbonyl (C=O) groups excluding carboxylic acids is 3. The van der Waals surface area contributed by atoms with Gasteiger partial charge in [-0.1, -0.05) is 97.9 Å². The zero-order chi connectivity index (χ0) is 35.9. The van der Waals surface area contributed by atoms with Gasteiger partial charge in [0.1, 0.15) is 0 Å². The highest BCUT2D eigenvalue weighted by Gasteiger charge is 2.46. The Labute approximate surface area is 295 Å². The molecule has 7 nitrogen and oxygen atoms in total. The van der Waals surface area contributed by atoms with Crippen molar-refractivity contribution in [2.45, 2.75) is 195 Å². The third-order valence-electron chi connectivity index (χ3n) is 8.13. The largest absolute Gasteiger partial charge is 0.346 e. The second-order valence-corrected chi connectivity index (χ2v) is 17.1. The lowest BCUT2D eigenvalue weighted by Crippen LogP contribution is -2.65. The molecule has 4 rings (SSSR count). The lowest BCUT2D eigenvalue weighted by atomic mass is 9.70. The van der Waals surface area contributed by atoms with Crippen molar-refractivity contribution in [3.05, 3.63) is 0 Å². The van der Waals surface area contributed by atoms with Gasteiger partial charge < -0.3 is 20.9 Å². The zero-order valence-corrected chi connectivity index (χ0v) is 33.1. The Kier molecular flexibility index (Phi) is 27.4. The summed E-state index contributed by atoms with van der Waals surface area (Å²) in [5, 5.41) is 9.44. The summed E-state index contributed by atoms with van der Waals surface area (Å²) in [5.74, 6) is 2.68. The Morgan fingerprint density at radius 3 is 1.26 bits per heavy atom. The van der Waals surface area contributed by atoms with Crippen LogP contribution in [-0.4, -0.2) is 65.3 Å². The van der Waals surface area contributed by atoms with Crippen molar-refractivity contribution in [3.8, 4) is 0 Å².